The molecule has 1 fully saturated rings. The van der Waals surface area contributed by atoms with Gasteiger partial charge in [0.15, 0.2) is 5.82 Å². The van der Waals surface area contributed by atoms with Crippen LogP contribution in [-0.4, -0.2) is 63.6 Å². The van der Waals surface area contributed by atoms with Gasteiger partial charge in [-0.3, -0.25) is 9.89 Å². The lowest BCUT2D eigenvalue weighted by molar-refractivity contribution is 0.0402. The number of benzene rings is 1. The third-order valence-corrected chi connectivity index (χ3v) is 4.64. The standard InChI is InChI=1S/C18H25N5O/c1-12(2)16-11-22(4)9-10-23(16)18(24)15-7-5-14(6-8-15)17-19-13(3)20-21-17/h5-8,12,16H,9-11H2,1-4H3,(H,19,20,21). The predicted molar refractivity (Wildman–Crippen MR) is 93.7 cm³/mol. The minimum Gasteiger partial charge on any atom is -0.333 e. The molecule has 128 valence electrons. The topological polar surface area (TPSA) is 65.1 Å². The van der Waals surface area contributed by atoms with Crippen molar-refractivity contribution in [3.8, 4) is 11.4 Å². The Morgan fingerprint density at radius 1 is 1.25 bits per heavy atom. The molecule has 1 atom stereocenters. The van der Waals surface area contributed by atoms with Crippen molar-refractivity contribution in [3.05, 3.63) is 35.7 Å². The van der Waals surface area contributed by atoms with Gasteiger partial charge >= 0.3 is 0 Å². The number of nitrogens with zero attached hydrogens (tertiary/aromatic N) is 4. The quantitative estimate of drug-likeness (QED) is 0.938. The molecular formula is C18H25N5O. The number of piperazine rings is 1. The number of aromatic nitrogens is 3. The molecule has 0 spiro atoms. The Labute approximate surface area is 142 Å². The number of rotatable bonds is 3. The first-order chi connectivity index (χ1) is 11.5. The minimum absolute atomic E-state index is 0.111. The summed E-state index contributed by atoms with van der Waals surface area (Å²) in [5.41, 5.74) is 1.64. The first-order valence-electron chi connectivity index (χ1n) is 8.44. The van der Waals surface area contributed by atoms with E-state index in [2.05, 4.69) is 41.0 Å². The number of hydrogen-bond acceptors (Lipinski definition) is 4. The highest BCUT2D eigenvalue weighted by atomic mass is 16.2. The number of nitrogens with one attached hydrogen (secondary N) is 1. The number of amides is 1. The molecule has 1 aromatic heterocycles. The van der Waals surface area contributed by atoms with Crippen LogP contribution in [0.25, 0.3) is 11.4 Å². The van der Waals surface area contributed by atoms with Crippen molar-refractivity contribution in [2.75, 3.05) is 26.7 Å². The molecule has 2 aromatic rings. The molecule has 6 nitrogen and oxygen atoms in total. The molecule has 0 bridgehead atoms. The summed E-state index contributed by atoms with van der Waals surface area (Å²) in [4.78, 5) is 21.6. The third-order valence-electron chi connectivity index (χ3n) is 4.64. The highest BCUT2D eigenvalue weighted by molar-refractivity contribution is 5.95. The van der Waals surface area contributed by atoms with Gasteiger partial charge in [0, 0.05) is 36.8 Å². The van der Waals surface area contributed by atoms with Crippen LogP contribution in [0.1, 0.15) is 30.0 Å². The van der Waals surface area contributed by atoms with Gasteiger partial charge < -0.3 is 9.80 Å². The van der Waals surface area contributed by atoms with Crippen molar-refractivity contribution >= 4 is 5.91 Å². The van der Waals surface area contributed by atoms with Crippen molar-refractivity contribution in [2.24, 2.45) is 5.92 Å². The number of carbonyl (C=O) groups is 1. The summed E-state index contributed by atoms with van der Waals surface area (Å²) in [5.74, 6) is 1.99. The second kappa shape index (κ2) is 6.73. The van der Waals surface area contributed by atoms with E-state index in [1.54, 1.807) is 0 Å². The van der Waals surface area contributed by atoms with Crippen LogP contribution in [0.5, 0.6) is 0 Å². The monoisotopic (exact) mass is 327 g/mol. The van der Waals surface area contributed by atoms with Crippen LogP contribution in [-0.2, 0) is 0 Å². The lowest BCUT2D eigenvalue weighted by atomic mass is 9.98. The van der Waals surface area contributed by atoms with E-state index in [1.165, 1.54) is 0 Å². The second-order valence-electron chi connectivity index (χ2n) is 6.89. The van der Waals surface area contributed by atoms with Crippen molar-refractivity contribution in [3.63, 3.8) is 0 Å². The Bertz CT molecular complexity index is 706. The van der Waals surface area contributed by atoms with E-state index in [0.717, 1.165) is 36.6 Å². The van der Waals surface area contributed by atoms with Gasteiger partial charge in [-0.15, -0.1) is 0 Å². The number of H-pyrrole nitrogens is 1. The number of aryl methyl sites for hydroxylation is 1. The number of likely N-dealkylation sites (N-methyl/N-ethyl adjacent to an activating group) is 1. The number of carbonyl (C=O) groups excluding carboxylic acids is 1. The van der Waals surface area contributed by atoms with E-state index >= 15 is 0 Å². The fourth-order valence-corrected chi connectivity index (χ4v) is 3.18. The molecule has 0 radical (unpaired) electrons. The second-order valence-corrected chi connectivity index (χ2v) is 6.89. The SMILES string of the molecule is Cc1nc(-c2ccc(C(=O)N3CCN(C)CC3C(C)C)cc2)n[nH]1. The lowest BCUT2D eigenvalue weighted by Gasteiger charge is -2.42. The lowest BCUT2D eigenvalue weighted by Crippen LogP contribution is -2.56. The van der Waals surface area contributed by atoms with Gasteiger partial charge in [0.1, 0.15) is 5.82 Å². The molecule has 1 N–H and O–H groups in total. The summed E-state index contributed by atoms with van der Waals surface area (Å²) in [7, 11) is 2.12. The molecule has 2 heterocycles. The normalized spacial score (nSPS) is 19.0. The molecule has 1 aromatic carbocycles. The fourth-order valence-electron chi connectivity index (χ4n) is 3.18. The highest BCUT2D eigenvalue weighted by Gasteiger charge is 2.31. The van der Waals surface area contributed by atoms with E-state index < -0.39 is 0 Å². The first kappa shape index (κ1) is 16.6. The average molecular weight is 327 g/mol. The summed E-state index contributed by atoms with van der Waals surface area (Å²) in [5, 5.41) is 6.99. The van der Waals surface area contributed by atoms with E-state index in [9.17, 15) is 4.79 Å². The van der Waals surface area contributed by atoms with E-state index in [0.29, 0.717) is 11.7 Å². The molecule has 1 aliphatic heterocycles. The van der Waals surface area contributed by atoms with Crippen LogP contribution < -0.4 is 0 Å². The zero-order valence-corrected chi connectivity index (χ0v) is 14.8. The zero-order valence-electron chi connectivity index (χ0n) is 14.8. The number of hydrogen-bond donors (Lipinski definition) is 1. The molecule has 1 aliphatic rings. The van der Waals surface area contributed by atoms with Crippen molar-refractivity contribution in [1.82, 2.24) is 25.0 Å². The predicted octanol–water partition coefficient (Wildman–Crippen LogP) is 2.19. The van der Waals surface area contributed by atoms with Crippen LogP contribution in [0.15, 0.2) is 24.3 Å². The molecule has 6 heteroatoms. The fraction of sp³-hybridized carbons (Fsp3) is 0.500. The highest BCUT2D eigenvalue weighted by Crippen LogP contribution is 2.21. The maximum Gasteiger partial charge on any atom is 0.254 e. The van der Waals surface area contributed by atoms with Gasteiger partial charge in [-0.25, -0.2) is 4.98 Å². The van der Waals surface area contributed by atoms with Crippen LogP contribution in [0.2, 0.25) is 0 Å². The Hall–Kier alpha value is -2.21. The molecule has 0 saturated carbocycles. The Balaban J connectivity index is 1.79. The van der Waals surface area contributed by atoms with Crippen molar-refractivity contribution in [1.29, 1.82) is 0 Å². The van der Waals surface area contributed by atoms with E-state index in [1.807, 2.05) is 36.1 Å². The summed E-state index contributed by atoms with van der Waals surface area (Å²) >= 11 is 0. The smallest absolute Gasteiger partial charge is 0.254 e. The van der Waals surface area contributed by atoms with Gasteiger partial charge in [0.05, 0.1) is 0 Å². The van der Waals surface area contributed by atoms with Crippen molar-refractivity contribution < 1.29 is 4.79 Å². The van der Waals surface area contributed by atoms with Crippen molar-refractivity contribution in [2.45, 2.75) is 26.8 Å². The summed E-state index contributed by atoms with van der Waals surface area (Å²) in [6.45, 7) is 8.85. The van der Waals surface area contributed by atoms with Crippen LogP contribution in [0, 0.1) is 12.8 Å². The van der Waals surface area contributed by atoms with Gasteiger partial charge in [0.2, 0.25) is 0 Å². The molecule has 1 unspecified atom stereocenters. The maximum absolute atomic E-state index is 12.9. The van der Waals surface area contributed by atoms with Crippen LogP contribution >= 0.6 is 0 Å². The maximum atomic E-state index is 12.9. The average Bonchev–Trinajstić information content (AvgIpc) is 3.01. The molecule has 0 aliphatic carbocycles. The Morgan fingerprint density at radius 3 is 2.54 bits per heavy atom. The molecule has 24 heavy (non-hydrogen) atoms. The molecule has 1 amide bonds. The van der Waals surface area contributed by atoms with Crippen LogP contribution in [0.4, 0.5) is 0 Å². The molecule has 1 saturated heterocycles. The summed E-state index contributed by atoms with van der Waals surface area (Å²) < 4.78 is 0. The van der Waals surface area contributed by atoms with Crippen LogP contribution in [0.3, 0.4) is 0 Å². The molecule has 3 rings (SSSR count). The van der Waals surface area contributed by atoms with Gasteiger partial charge in [-0.2, -0.15) is 5.10 Å². The zero-order chi connectivity index (χ0) is 17.3. The molecular weight excluding hydrogens is 302 g/mol. The largest absolute Gasteiger partial charge is 0.333 e. The minimum atomic E-state index is 0.111. The first-order valence-corrected chi connectivity index (χ1v) is 8.44. The Morgan fingerprint density at radius 2 is 1.96 bits per heavy atom. The Kier molecular flexibility index (Phi) is 4.66. The van der Waals surface area contributed by atoms with Gasteiger partial charge in [0.25, 0.3) is 5.91 Å². The van der Waals surface area contributed by atoms with Gasteiger partial charge in [-0.05, 0) is 32.0 Å². The summed E-state index contributed by atoms with van der Waals surface area (Å²) in [6.07, 6.45) is 0. The van der Waals surface area contributed by atoms with Gasteiger partial charge in [-0.1, -0.05) is 26.0 Å². The number of aromatic amines is 1. The third kappa shape index (κ3) is 3.33. The van der Waals surface area contributed by atoms with E-state index in [4.69, 9.17) is 0 Å². The van der Waals surface area contributed by atoms with E-state index in [-0.39, 0.29) is 11.9 Å². The summed E-state index contributed by atoms with van der Waals surface area (Å²) in [6, 6.07) is 7.83.